The first-order valence-electron chi connectivity index (χ1n) is 8.96. The molecule has 3 rings (SSSR count). The summed E-state index contributed by atoms with van der Waals surface area (Å²) in [7, 11) is 0. The second-order valence-electron chi connectivity index (χ2n) is 6.87. The number of halogens is 1. The molecule has 0 aromatic heterocycles. The molecular formula is C19H25BrN2O2. The van der Waals surface area contributed by atoms with Crippen LogP contribution in [0.1, 0.15) is 48.9 Å². The molecule has 0 spiro atoms. The standard InChI is InChI=1S/C19H25BrN2O2/c20-17-8-6-16(7-9-17)19(24)22-13-11-21(12-14-22)18(23)10-5-15-3-1-2-4-15/h6-9,15H,1-5,10-14H2. The van der Waals surface area contributed by atoms with Crippen LogP contribution in [-0.4, -0.2) is 47.8 Å². The summed E-state index contributed by atoms with van der Waals surface area (Å²) in [6.07, 6.45) is 6.96. The normalized spacial score (nSPS) is 18.9. The van der Waals surface area contributed by atoms with E-state index in [4.69, 9.17) is 0 Å². The van der Waals surface area contributed by atoms with E-state index in [1.165, 1.54) is 25.7 Å². The fourth-order valence-corrected chi connectivity index (χ4v) is 3.98. The quantitative estimate of drug-likeness (QED) is 0.783. The maximum Gasteiger partial charge on any atom is 0.253 e. The van der Waals surface area contributed by atoms with E-state index in [-0.39, 0.29) is 11.8 Å². The van der Waals surface area contributed by atoms with Crippen molar-refractivity contribution in [3.63, 3.8) is 0 Å². The van der Waals surface area contributed by atoms with Gasteiger partial charge in [0, 0.05) is 42.6 Å². The van der Waals surface area contributed by atoms with Crippen molar-refractivity contribution < 1.29 is 9.59 Å². The smallest absolute Gasteiger partial charge is 0.253 e. The topological polar surface area (TPSA) is 40.6 Å². The third kappa shape index (κ3) is 4.38. The molecule has 4 nitrogen and oxygen atoms in total. The molecular weight excluding hydrogens is 368 g/mol. The fourth-order valence-electron chi connectivity index (χ4n) is 3.72. The van der Waals surface area contributed by atoms with Crippen LogP contribution in [0, 0.1) is 5.92 Å². The Hall–Kier alpha value is -1.36. The monoisotopic (exact) mass is 392 g/mol. The lowest BCUT2D eigenvalue weighted by molar-refractivity contribution is -0.133. The van der Waals surface area contributed by atoms with Gasteiger partial charge in [0.05, 0.1) is 0 Å². The molecule has 0 bridgehead atoms. The lowest BCUT2D eigenvalue weighted by Gasteiger charge is -2.35. The number of hydrogen-bond donors (Lipinski definition) is 0. The Morgan fingerprint density at radius 1 is 0.958 bits per heavy atom. The Bertz CT molecular complexity index is 574. The van der Waals surface area contributed by atoms with Gasteiger partial charge in [-0.05, 0) is 36.6 Å². The Kier molecular flexibility index (Phi) is 5.93. The van der Waals surface area contributed by atoms with E-state index >= 15 is 0 Å². The predicted octanol–water partition coefficient (Wildman–Crippen LogP) is 3.70. The van der Waals surface area contributed by atoms with Crippen LogP contribution in [0.2, 0.25) is 0 Å². The number of nitrogens with zero attached hydrogens (tertiary/aromatic N) is 2. The third-order valence-corrected chi connectivity index (χ3v) is 5.78. The maximum absolute atomic E-state index is 12.5. The minimum atomic E-state index is 0.0561. The molecule has 0 radical (unpaired) electrons. The number of rotatable bonds is 4. The van der Waals surface area contributed by atoms with E-state index in [0.29, 0.717) is 38.2 Å². The fraction of sp³-hybridized carbons (Fsp3) is 0.579. The molecule has 2 fully saturated rings. The van der Waals surface area contributed by atoms with Crippen molar-refractivity contribution in [2.24, 2.45) is 5.92 Å². The van der Waals surface area contributed by atoms with Gasteiger partial charge < -0.3 is 9.80 Å². The summed E-state index contributed by atoms with van der Waals surface area (Å²) in [5, 5.41) is 0. The van der Waals surface area contributed by atoms with Crippen LogP contribution < -0.4 is 0 Å². The Balaban J connectivity index is 1.45. The molecule has 1 aliphatic heterocycles. The van der Waals surface area contributed by atoms with Crippen molar-refractivity contribution >= 4 is 27.7 Å². The Labute approximate surface area is 152 Å². The lowest BCUT2D eigenvalue weighted by Crippen LogP contribution is -2.50. The molecule has 1 aromatic carbocycles. The molecule has 1 aromatic rings. The first-order chi connectivity index (χ1) is 11.6. The van der Waals surface area contributed by atoms with E-state index in [2.05, 4.69) is 15.9 Å². The second-order valence-corrected chi connectivity index (χ2v) is 7.78. The van der Waals surface area contributed by atoms with Crippen LogP contribution in [0.4, 0.5) is 0 Å². The van der Waals surface area contributed by atoms with Crippen LogP contribution in [0.15, 0.2) is 28.7 Å². The van der Waals surface area contributed by atoms with Gasteiger partial charge in [0.1, 0.15) is 0 Å². The number of carbonyl (C=O) groups excluding carboxylic acids is 2. The first kappa shape index (κ1) is 17.5. The van der Waals surface area contributed by atoms with E-state index in [9.17, 15) is 9.59 Å². The molecule has 1 saturated heterocycles. The summed E-state index contributed by atoms with van der Waals surface area (Å²) >= 11 is 3.38. The van der Waals surface area contributed by atoms with Gasteiger partial charge in [-0.3, -0.25) is 9.59 Å². The molecule has 1 aliphatic carbocycles. The van der Waals surface area contributed by atoms with Gasteiger partial charge in [-0.15, -0.1) is 0 Å². The van der Waals surface area contributed by atoms with Crippen LogP contribution in [0.3, 0.4) is 0 Å². The zero-order valence-corrected chi connectivity index (χ0v) is 15.6. The highest BCUT2D eigenvalue weighted by Gasteiger charge is 2.25. The van der Waals surface area contributed by atoms with Gasteiger partial charge in [-0.2, -0.15) is 0 Å². The van der Waals surface area contributed by atoms with E-state index < -0.39 is 0 Å². The highest BCUT2D eigenvalue weighted by molar-refractivity contribution is 9.10. The van der Waals surface area contributed by atoms with Crippen LogP contribution in [0.5, 0.6) is 0 Å². The molecule has 0 unspecified atom stereocenters. The van der Waals surface area contributed by atoms with E-state index in [1.807, 2.05) is 34.1 Å². The summed E-state index contributed by atoms with van der Waals surface area (Å²) < 4.78 is 0.969. The number of hydrogen-bond acceptors (Lipinski definition) is 2. The third-order valence-electron chi connectivity index (χ3n) is 5.25. The molecule has 1 heterocycles. The molecule has 0 atom stereocenters. The van der Waals surface area contributed by atoms with Gasteiger partial charge in [-0.1, -0.05) is 41.6 Å². The average molecular weight is 393 g/mol. The van der Waals surface area contributed by atoms with Gasteiger partial charge in [0.25, 0.3) is 5.91 Å². The van der Waals surface area contributed by atoms with Crippen molar-refractivity contribution in [3.8, 4) is 0 Å². The summed E-state index contributed by atoms with van der Waals surface area (Å²) in [4.78, 5) is 28.6. The van der Waals surface area contributed by atoms with E-state index in [0.717, 1.165) is 16.8 Å². The highest BCUT2D eigenvalue weighted by atomic mass is 79.9. The molecule has 2 aliphatic rings. The van der Waals surface area contributed by atoms with Crippen LogP contribution in [-0.2, 0) is 4.79 Å². The number of amides is 2. The summed E-state index contributed by atoms with van der Waals surface area (Å²) in [6.45, 7) is 2.58. The first-order valence-corrected chi connectivity index (χ1v) is 9.75. The summed E-state index contributed by atoms with van der Waals surface area (Å²) in [6, 6.07) is 7.45. The molecule has 5 heteroatoms. The summed E-state index contributed by atoms with van der Waals surface area (Å²) in [5.74, 6) is 1.08. The number of benzene rings is 1. The molecule has 0 N–H and O–H groups in total. The zero-order valence-electron chi connectivity index (χ0n) is 14.0. The average Bonchev–Trinajstić information content (AvgIpc) is 3.13. The largest absolute Gasteiger partial charge is 0.339 e. The Morgan fingerprint density at radius 3 is 2.17 bits per heavy atom. The minimum Gasteiger partial charge on any atom is -0.339 e. The van der Waals surface area contributed by atoms with Gasteiger partial charge in [-0.25, -0.2) is 0 Å². The molecule has 2 amide bonds. The van der Waals surface area contributed by atoms with Crippen molar-refractivity contribution in [2.45, 2.75) is 38.5 Å². The summed E-state index contributed by atoms with van der Waals surface area (Å²) in [5.41, 5.74) is 0.708. The van der Waals surface area contributed by atoms with Gasteiger partial charge in [0.2, 0.25) is 5.91 Å². The van der Waals surface area contributed by atoms with Crippen molar-refractivity contribution in [3.05, 3.63) is 34.3 Å². The van der Waals surface area contributed by atoms with Gasteiger partial charge >= 0.3 is 0 Å². The Morgan fingerprint density at radius 2 is 1.54 bits per heavy atom. The predicted molar refractivity (Wildman–Crippen MR) is 97.8 cm³/mol. The van der Waals surface area contributed by atoms with Crippen molar-refractivity contribution in [1.82, 2.24) is 9.80 Å². The number of carbonyl (C=O) groups is 2. The molecule has 130 valence electrons. The minimum absolute atomic E-state index is 0.0561. The van der Waals surface area contributed by atoms with Crippen molar-refractivity contribution in [2.75, 3.05) is 26.2 Å². The molecule has 1 saturated carbocycles. The lowest BCUT2D eigenvalue weighted by atomic mass is 10.0. The van der Waals surface area contributed by atoms with Crippen molar-refractivity contribution in [1.29, 1.82) is 0 Å². The van der Waals surface area contributed by atoms with Gasteiger partial charge in [0.15, 0.2) is 0 Å². The number of piperazine rings is 1. The highest BCUT2D eigenvalue weighted by Crippen LogP contribution is 2.28. The SMILES string of the molecule is O=C(CCC1CCCC1)N1CCN(C(=O)c2ccc(Br)cc2)CC1. The molecule has 24 heavy (non-hydrogen) atoms. The van der Waals surface area contributed by atoms with E-state index in [1.54, 1.807) is 0 Å². The maximum atomic E-state index is 12.5. The zero-order chi connectivity index (χ0) is 16.9. The van der Waals surface area contributed by atoms with Crippen LogP contribution in [0.25, 0.3) is 0 Å². The van der Waals surface area contributed by atoms with Crippen LogP contribution >= 0.6 is 15.9 Å². The second kappa shape index (κ2) is 8.15.